The van der Waals surface area contributed by atoms with E-state index in [0.717, 1.165) is 53.1 Å². The zero-order valence-corrected chi connectivity index (χ0v) is 11.3. The first-order chi connectivity index (χ1) is 9.72. The molecule has 102 valence electrons. The topological polar surface area (TPSA) is 83.7 Å². The quantitative estimate of drug-likeness (QED) is 0.696. The fourth-order valence-corrected chi connectivity index (χ4v) is 2.93. The lowest BCUT2D eigenvalue weighted by Crippen LogP contribution is -2.27. The molecule has 0 amide bonds. The molecule has 4 rings (SSSR count). The molecule has 6 nitrogen and oxygen atoms in total. The molecule has 1 atom stereocenters. The van der Waals surface area contributed by atoms with Gasteiger partial charge in [0.2, 0.25) is 0 Å². The summed E-state index contributed by atoms with van der Waals surface area (Å²) in [6.07, 6.45) is 4.71. The Labute approximate surface area is 116 Å². The molecule has 0 aromatic carbocycles. The Morgan fingerprint density at radius 3 is 3.10 bits per heavy atom. The van der Waals surface area contributed by atoms with Gasteiger partial charge in [-0.15, -0.1) is 0 Å². The van der Waals surface area contributed by atoms with Crippen LogP contribution >= 0.6 is 0 Å². The third kappa shape index (κ3) is 1.65. The van der Waals surface area contributed by atoms with Gasteiger partial charge in [-0.05, 0) is 19.4 Å². The number of nitrogens with zero attached hydrogens (tertiary/aromatic N) is 4. The van der Waals surface area contributed by atoms with Gasteiger partial charge < -0.3 is 15.6 Å². The molecular weight excluding hydrogens is 252 g/mol. The maximum absolute atomic E-state index is 6.03. The molecule has 0 radical (unpaired) electrons. The highest BCUT2D eigenvalue weighted by Gasteiger charge is 2.23. The second-order valence-electron chi connectivity index (χ2n) is 5.35. The standard InChI is InChI=1S/C14H16N6/c1-8-18-11-6-17-13-10(2-4-16-13)12(11)14(19-8)20-5-3-9(15)7-20/h2,4,6,9H,3,5,7,15H2,1H3,(H,16,17). The van der Waals surface area contributed by atoms with Crippen molar-refractivity contribution in [1.82, 2.24) is 19.9 Å². The smallest absolute Gasteiger partial charge is 0.141 e. The second-order valence-corrected chi connectivity index (χ2v) is 5.35. The molecule has 0 spiro atoms. The number of rotatable bonds is 1. The molecule has 3 aromatic rings. The van der Waals surface area contributed by atoms with E-state index in [-0.39, 0.29) is 6.04 Å². The molecule has 0 aliphatic carbocycles. The summed E-state index contributed by atoms with van der Waals surface area (Å²) in [7, 11) is 0. The van der Waals surface area contributed by atoms with E-state index < -0.39 is 0 Å². The van der Waals surface area contributed by atoms with Crippen molar-refractivity contribution in [3.05, 3.63) is 24.3 Å². The van der Waals surface area contributed by atoms with Crippen molar-refractivity contribution in [2.24, 2.45) is 5.73 Å². The summed E-state index contributed by atoms with van der Waals surface area (Å²) >= 11 is 0. The highest BCUT2D eigenvalue weighted by Crippen LogP contribution is 2.31. The van der Waals surface area contributed by atoms with Crippen molar-refractivity contribution in [3.8, 4) is 0 Å². The van der Waals surface area contributed by atoms with Gasteiger partial charge in [-0.3, -0.25) is 0 Å². The number of pyridine rings is 1. The number of nitrogens with one attached hydrogen (secondary N) is 1. The number of nitrogens with two attached hydrogens (primary N) is 1. The average molecular weight is 268 g/mol. The number of aromatic nitrogens is 4. The molecule has 1 fully saturated rings. The Hall–Kier alpha value is -2.21. The SMILES string of the molecule is Cc1nc(N2CCC(N)C2)c2c(cnc3[nH]ccc32)n1. The van der Waals surface area contributed by atoms with Crippen LogP contribution in [0, 0.1) is 6.92 Å². The van der Waals surface area contributed by atoms with Crippen LogP contribution in [0.3, 0.4) is 0 Å². The fourth-order valence-electron chi connectivity index (χ4n) is 2.93. The summed E-state index contributed by atoms with van der Waals surface area (Å²) in [6, 6.07) is 2.26. The molecule has 3 aromatic heterocycles. The highest BCUT2D eigenvalue weighted by atomic mass is 15.2. The van der Waals surface area contributed by atoms with Crippen LogP contribution in [-0.4, -0.2) is 39.1 Å². The largest absolute Gasteiger partial charge is 0.354 e. The minimum Gasteiger partial charge on any atom is -0.354 e. The Balaban J connectivity index is 2.04. The van der Waals surface area contributed by atoms with E-state index in [9.17, 15) is 0 Å². The van der Waals surface area contributed by atoms with Gasteiger partial charge in [-0.25, -0.2) is 15.0 Å². The first kappa shape index (κ1) is 11.6. The van der Waals surface area contributed by atoms with Crippen LogP contribution in [0.25, 0.3) is 21.9 Å². The van der Waals surface area contributed by atoms with E-state index in [1.807, 2.05) is 25.4 Å². The van der Waals surface area contributed by atoms with Gasteiger partial charge in [0, 0.05) is 30.7 Å². The van der Waals surface area contributed by atoms with E-state index >= 15 is 0 Å². The van der Waals surface area contributed by atoms with Crippen LogP contribution in [0.2, 0.25) is 0 Å². The number of hydrogen-bond acceptors (Lipinski definition) is 5. The summed E-state index contributed by atoms with van der Waals surface area (Å²) in [6.45, 7) is 3.71. The lowest BCUT2D eigenvalue weighted by Gasteiger charge is -2.19. The zero-order chi connectivity index (χ0) is 13.7. The summed E-state index contributed by atoms with van der Waals surface area (Å²) in [4.78, 5) is 19.0. The summed E-state index contributed by atoms with van der Waals surface area (Å²) in [5.74, 6) is 1.75. The third-order valence-electron chi connectivity index (χ3n) is 3.86. The molecule has 0 saturated carbocycles. The van der Waals surface area contributed by atoms with Gasteiger partial charge in [0.05, 0.1) is 17.1 Å². The molecule has 4 heterocycles. The van der Waals surface area contributed by atoms with Gasteiger partial charge >= 0.3 is 0 Å². The summed E-state index contributed by atoms with van der Waals surface area (Å²) < 4.78 is 0. The maximum Gasteiger partial charge on any atom is 0.141 e. The van der Waals surface area contributed by atoms with Gasteiger partial charge in [-0.1, -0.05) is 0 Å². The number of H-pyrrole nitrogens is 1. The normalized spacial score (nSPS) is 19.3. The van der Waals surface area contributed by atoms with Crippen LogP contribution in [0.15, 0.2) is 18.5 Å². The molecule has 6 heteroatoms. The lowest BCUT2D eigenvalue weighted by molar-refractivity contribution is 0.751. The Morgan fingerprint density at radius 1 is 1.40 bits per heavy atom. The molecule has 1 aliphatic heterocycles. The van der Waals surface area contributed by atoms with Crippen LogP contribution < -0.4 is 10.6 Å². The number of hydrogen-bond donors (Lipinski definition) is 2. The fraction of sp³-hybridized carbons (Fsp3) is 0.357. The van der Waals surface area contributed by atoms with Crippen molar-refractivity contribution >= 4 is 27.8 Å². The van der Waals surface area contributed by atoms with Crippen molar-refractivity contribution in [3.63, 3.8) is 0 Å². The predicted molar refractivity (Wildman–Crippen MR) is 78.7 cm³/mol. The van der Waals surface area contributed by atoms with E-state index in [4.69, 9.17) is 5.73 Å². The van der Waals surface area contributed by atoms with E-state index in [1.165, 1.54) is 0 Å². The number of fused-ring (bicyclic) bond motifs is 3. The highest BCUT2D eigenvalue weighted by molar-refractivity contribution is 6.09. The van der Waals surface area contributed by atoms with Crippen LogP contribution in [0.1, 0.15) is 12.2 Å². The molecule has 3 N–H and O–H groups in total. The Bertz CT molecular complexity index is 793. The van der Waals surface area contributed by atoms with Crippen LogP contribution in [-0.2, 0) is 0 Å². The van der Waals surface area contributed by atoms with Crippen LogP contribution in [0.4, 0.5) is 5.82 Å². The van der Waals surface area contributed by atoms with Crippen molar-refractivity contribution < 1.29 is 0 Å². The van der Waals surface area contributed by atoms with Crippen molar-refractivity contribution in [2.45, 2.75) is 19.4 Å². The van der Waals surface area contributed by atoms with Crippen molar-refractivity contribution in [2.75, 3.05) is 18.0 Å². The summed E-state index contributed by atoms with van der Waals surface area (Å²) in [5.41, 5.74) is 7.79. The molecule has 1 saturated heterocycles. The summed E-state index contributed by atoms with van der Waals surface area (Å²) in [5, 5.41) is 2.13. The van der Waals surface area contributed by atoms with E-state index in [1.54, 1.807) is 0 Å². The number of aryl methyl sites for hydroxylation is 1. The zero-order valence-electron chi connectivity index (χ0n) is 11.3. The van der Waals surface area contributed by atoms with E-state index in [2.05, 4.69) is 24.8 Å². The second kappa shape index (κ2) is 4.14. The molecule has 1 aliphatic rings. The monoisotopic (exact) mass is 268 g/mol. The van der Waals surface area contributed by atoms with Crippen LogP contribution in [0.5, 0.6) is 0 Å². The first-order valence-corrected chi connectivity index (χ1v) is 6.83. The molecule has 0 bridgehead atoms. The minimum atomic E-state index is 0.226. The van der Waals surface area contributed by atoms with E-state index in [0.29, 0.717) is 0 Å². The first-order valence-electron chi connectivity index (χ1n) is 6.83. The van der Waals surface area contributed by atoms with Gasteiger partial charge in [-0.2, -0.15) is 0 Å². The maximum atomic E-state index is 6.03. The van der Waals surface area contributed by atoms with Gasteiger partial charge in [0.1, 0.15) is 17.3 Å². The lowest BCUT2D eigenvalue weighted by atomic mass is 10.2. The van der Waals surface area contributed by atoms with Crippen molar-refractivity contribution in [1.29, 1.82) is 0 Å². The Morgan fingerprint density at radius 2 is 2.30 bits per heavy atom. The van der Waals surface area contributed by atoms with Gasteiger partial charge in [0.25, 0.3) is 0 Å². The number of aromatic amines is 1. The molecule has 20 heavy (non-hydrogen) atoms. The molecular formula is C14H16N6. The third-order valence-corrected chi connectivity index (χ3v) is 3.86. The average Bonchev–Trinajstić information content (AvgIpc) is 3.05. The number of anilines is 1. The molecule has 1 unspecified atom stereocenters. The minimum absolute atomic E-state index is 0.226. The predicted octanol–water partition coefficient (Wildman–Crippen LogP) is 1.35. The Kier molecular flexibility index (Phi) is 2.40. The van der Waals surface area contributed by atoms with Gasteiger partial charge in [0.15, 0.2) is 0 Å².